The molecule has 0 aliphatic carbocycles. The minimum Gasteiger partial charge on any atom is -0.480 e. The van der Waals surface area contributed by atoms with Crippen molar-refractivity contribution in [2.45, 2.75) is 6.92 Å². The SMILES string of the molecule is Cc1cc(NC(=O)CN(C)CC(=O)O)no1. The second kappa shape index (κ2) is 5.26. The predicted octanol–water partition coefficient (Wildman–Crippen LogP) is -0.0621. The van der Waals surface area contributed by atoms with Crippen LogP contribution in [0.1, 0.15) is 5.76 Å². The number of hydrogen-bond donors (Lipinski definition) is 2. The Hall–Kier alpha value is -1.89. The highest BCUT2D eigenvalue weighted by molar-refractivity contribution is 5.91. The molecule has 0 atom stereocenters. The number of rotatable bonds is 5. The van der Waals surface area contributed by atoms with Crippen LogP contribution in [-0.4, -0.2) is 47.2 Å². The first-order valence-corrected chi connectivity index (χ1v) is 4.61. The van der Waals surface area contributed by atoms with Crippen molar-refractivity contribution in [3.63, 3.8) is 0 Å². The van der Waals surface area contributed by atoms with Crippen LogP contribution >= 0.6 is 0 Å². The van der Waals surface area contributed by atoms with E-state index in [9.17, 15) is 9.59 Å². The van der Waals surface area contributed by atoms with Crippen molar-refractivity contribution in [2.75, 3.05) is 25.5 Å². The third kappa shape index (κ3) is 4.09. The Labute approximate surface area is 92.0 Å². The second-order valence-electron chi connectivity index (χ2n) is 3.44. The molecule has 1 amide bonds. The summed E-state index contributed by atoms with van der Waals surface area (Å²) < 4.78 is 4.76. The number of carbonyl (C=O) groups excluding carboxylic acids is 1. The van der Waals surface area contributed by atoms with Gasteiger partial charge in [0.25, 0.3) is 0 Å². The number of carbonyl (C=O) groups is 2. The van der Waals surface area contributed by atoms with E-state index in [1.54, 1.807) is 20.0 Å². The fourth-order valence-corrected chi connectivity index (χ4v) is 1.14. The zero-order valence-corrected chi connectivity index (χ0v) is 9.06. The molecule has 88 valence electrons. The second-order valence-corrected chi connectivity index (χ2v) is 3.44. The first kappa shape index (κ1) is 12.2. The molecule has 2 N–H and O–H groups in total. The zero-order valence-electron chi connectivity index (χ0n) is 9.06. The molecule has 7 nitrogen and oxygen atoms in total. The van der Waals surface area contributed by atoms with Crippen LogP contribution in [0, 0.1) is 6.92 Å². The van der Waals surface area contributed by atoms with Crippen molar-refractivity contribution in [3.05, 3.63) is 11.8 Å². The number of aryl methyl sites for hydroxylation is 1. The summed E-state index contributed by atoms with van der Waals surface area (Å²) in [6.45, 7) is 1.50. The minimum atomic E-state index is -0.979. The summed E-state index contributed by atoms with van der Waals surface area (Å²) in [5.74, 6) is -0.398. The number of carboxylic acids is 1. The van der Waals surface area contributed by atoms with Crippen molar-refractivity contribution < 1.29 is 19.2 Å². The molecule has 16 heavy (non-hydrogen) atoms. The predicted molar refractivity (Wildman–Crippen MR) is 55.0 cm³/mol. The van der Waals surface area contributed by atoms with Gasteiger partial charge in [-0.2, -0.15) is 0 Å². The van der Waals surface area contributed by atoms with Crippen molar-refractivity contribution >= 4 is 17.7 Å². The lowest BCUT2D eigenvalue weighted by Crippen LogP contribution is -2.33. The van der Waals surface area contributed by atoms with Gasteiger partial charge in [-0.1, -0.05) is 5.16 Å². The molecule has 0 aromatic carbocycles. The summed E-state index contributed by atoms with van der Waals surface area (Å²) in [6.07, 6.45) is 0. The highest BCUT2D eigenvalue weighted by Gasteiger charge is 2.11. The molecule has 0 unspecified atom stereocenters. The molecular formula is C9H13N3O4. The van der Waals surface area contributed by atoms with Crippen molar-refractivity contribution in [1.29, 1.82) is 0 Å². The van der Waals surface area contributed by atoms with E-state index < -0.39 is 5.97 Å². The fraction of sp³-hybridized carbons (Fsp3) is 0.444. The van der Waals surface area contributed by atoms with E-state index >= 15 is 0 Å². The van der Waals surface area contributed by atoms with Crippen LogP contribution in [0.25, 0.3) is 0 Å². The minimum absolute atomic E-state index is 0.0157. The summed E-state index contributed by atoms with van der Waals surface area (Å²) in [4.78, 5) is 23.1. The topological polar surface area (TPSA) is 95.7 Å². The Kier molecular flexibility index (Phi) is 4.01. The average Bonchev–Trinajstić information content (AvgIpc) is 2.48. The van der Waals surface area contributed by atoms with Crippen LogP contribution in [0.2, 0.25) is 0 Å². The molecule has 1 rings (SSSR count). The maximum Gasteiger partial charge on any atom is 0.317 e. The standard InChI is InChI=1S/C9H13N3O4/c1-6-3-7(11-16-6)10-8(13)4-12(2)5-9(14)15/h3H,4-5H2,1-2H3,(H,14,15)(H,10,11,13). The van der Waals surface area contributed by atoms with E-state index in [-0.39, 0.29) is 19.0 Å². The van der Waals surface area contributed by atoms with Crippen LogP contribution in [0.5, 0.6) is 0 Å². The molecule has 1 aromatic rings. The normalized spacial score (nSPS) is 10.4. The molecule has 1 heterocycles. The number of aromatic nitrogens is 1. The van der Waals surface area contributed by atoms with Gasteiger partial charge in [-0.15, -0.1) is 0 Å². The number of carboxylic acid groups (broad SMARTS) is 1. The lowest BCUT2D eigenvalue weighted by atomic mass is 10.4. The summed E-state index contributed by atoms with van der Waals surface area (Å²) in [7, 11) is 1.54. The Morgan fingerprint density at radius 1 is 1.56 bits per heavy atom. The molecule has 0 bridgehead atoms. The van der Waals surface area contributed by atoms with Crippen molar-refractivity contribution in [2.24, 2.45) is 0 Å². The number of amides is 1. The molecule has 0 aliphatic rings. The van der Waals surface area contributed by atoms with E-state index in [4.69, 9.17) is 9.63 Å². The van der Waals surface area contributed by atoms with Gasteiger partial charge in [0.15, 0.2) is 5.82 Å². The summed E-state index contributed by atoms with van der Waals surface area (Å²) in [5, 5.41) is 14.6. The molecule has 1 aromatic heterocycles. The van der Waals surface area contributed by atoms with E-state index in [1.165, 1.54) is 4.90 Å². The number of hydrogen-bond acceptors (Lipinski definition) is 5. The Balaban J connectivity index is 2.38. The zero-order chi connectivity index (χ0) is 12.1. The maximum atomic E-state index is 11.4. The van der Waals surface area contributed by atoms with Crippen molar-refractivity contribution in [3.8, 4) is 0 Å². The number of nitrogens with zero attached hydrogens (tertiary/aromatic N) is 2. The van der Waals surface area contributed by atoms with E-state index in [1.807, 2.05) is 0 Å². The third-order valence-electron chi connectivity index (χ3n) is 1.71. The van der Waals surface area contributed by atoms with Crippen LogP contribution < -0.4 is 5.32 Å². The van der Waals surface area contributed by atoms with Crippen molar-refractivity contribution in [1.82, 2.24) is 10.1 Å². The highest BCUT2D eigenvalue weighted by Crippen LogP contribution is 2.06. The van der Waals surface area contributed by atoms with E-state index in [2.05, 4.69) is 10.5 Å². The van der Waals surface area contributed by atoms with Gasteiger partial charge < -0.3 is 14.9 Å². The highest BCUT2D eigenvalue weighted by atomic mass is 16.5. The lowest BCUT2D eigenvalue weighted by Gasteiger charge is -2.12. The number of likely N-dealkylation sites (N-methyl/N-ethyl adjacent to an activating group) is 1. The van der Waals surface area contributed by atoms with Gasteiger partial charge in [-0.05, 0) is 14.0 Å². The Bertz CT molecular complexity index is 388. The lowest BCUT2D eigenvalue weighted by molar-refractivity contribution is -0.138. The fourth-order valence-electron chi connectivity index (χ4n) is 1.14. The van der Waals surface area contributed by atoms with E-state index in [0.29, 0.717) is 11.6 Å². The number of nitrogens with one attached hydrogen (secondary N) is 1. The quantitative estimate of drug-likeness (QED) is 0.731. The molecule has 0 fully saturated rings. The van der Waals surface area contributed by atoms with Crippen LogP contribution in [0.3, 0.4) is 0 Å². The van der Waals surface area contributed by atoms with Gasteiger partial charge in [-0.25, -0.2) is 0 Å². The van der Waals surface area contributed by atoms with Gasteiger partial charge in [0.1, 0.15) is 5.76 Å². The van der Waals surface area contributed by atoms with Gasteiger partial charge in [0.2, 0.25) is 5.91 Å². The summed E-state index contributed by atoms with van der Waals surface area (Å²) >= 11 is 0. The number of aliphatic carboxylic acids is 1. The van der Waals surface area contributed by atoms with Crippen LogP contribution in [0.15, 0.2) is 10.6 Å². The Morgan fingerprint density at radius 3 is 2.75 bits per heavy atom. The van der Waals surface area contributed by atoms with Gasteiger partial charge in [0.05, 0.1) is 13.1 Å². The third-order valence-corrected chi connectivity index (χ3v) is 1.71. The van der Waals surface area contributed by atoms with Crippen LogP contribution in [0.4, 0.5) is 5.82 Å². The monoisotopic (exact) mass is 227 g/mol. The largest absolute Gasteiger partial charge is 0.480 e. The van der Waals surface area contributed by atoms with E-state index in [0.717, 1.165) is 0 Å². The molecule has 0 aliphatic heterocycles. The molecule has 0 radical (unpaired) electrons. The van der Waals surface area contributed by atoms with Gasteiger partial charge in [-0.3, -0.25) is 14.5 Å². The number of anilines is 1. The smallest absolute Gasteiger partial charge is 0.317 e. The molecule has 7 heteroatoms. The molecule has 0 saturated carbocycles. The first-order chi connectivity index (χ1) is 7.47. The molecule has 0 saturated heterocycles. The Morgan fingerprint density at radius 2 is 2.25 bits per heavy atom. The first-order valence-electron chi connectivity index (χ1n) is 4.61. The van der Waals surface area contributed by atoms with Gasteiger partial charge in [0, 0.05) is 6.07 Å². The van der Waals surface area contributed by atoms with Crippen LogP contribution in [-0.2, 0) is 9.59 Å². The summed E-state index contributed by atoms with van der Waals surface area (Å²) in [5.41, 5.74) is 0. The molecule has 0 spiro atoms. The average molecular weight is 227 g/mol. The maximum absolute atomic E-state index is 11.4. The molecular weight excluding hydrogens is 214 g/mol. The van der Waals surface area contributed by atoms with Gasteiger partial charge >= 0.3 is 5.97 Å². The summed E-state index contributed by atoms with van der Waals surface area (Å²) in [6, 6.07) is 1.58.